The van der Waals surface area contributed by atoms with E-state index in [9.17, 15) is 8.42 Å². The van der Waals surface area contributed by atoms with Gasteiger partial charge < -0.3 is 10.2 Å². The Bertz CT molecular complexity index is 714. The van der Waals surface area contributed by atoms with Crippen molar-refractivity contribution in [3.8, 4) is 0 Å². The molecular weight excluding hydrogens is 360 g/mol. The van der Waals surface area contributed by atoms with Crippen molar-refractivity contribution in [3.05, 3.63) is 18.3 Å². The fourth-order valence-electron chi connectivity index (χ4n) is 4.50. The minimum atomic E-state index is -3.41. The zero-order chi connectivity index (χ0) is 19.5. The number of anilines is 1. The predicted octanol–water partition coefficient (Wildman–Crippen LogP) is 3.18. The number of pyridine rings is 1. The van der Waals surface area contributed by atoms with Crippen LogP contribution in [0.1, 0.15) is 51.9 Å². The minimum absolute atomic E-state index is 0.137. The Labute approximate surface area is 164 Å². The van der Waals surface area contributed by atoms with Crippen molar-refractivity contribution in [1.82, 2.24) is 14.2 Å². The van der Waals surface area contributed by atoms with Gasteiger partial charge in [-0.2, -0.15) is 4.31 Å². The number of piperidine rings is 1. The SMILES string of the molecule is CC1CCCC(CNc2ccc(S(=O)(=O)N3CCCCC3)cn2)(N(C)C)C1. The van der Waals surface area contributed by atoms with E-state index >= 15 is 0 Å². The third-order valence-corrected chi connectivity index (χ3v) is 8.19. The predicted molar refractivity (Wildman–Crippen MR) is 109 cm³/mol. The maximum Gasteiger partial charge on any atom is 0.244 e. The lowest BCUT2D eigenvalue weighted by atomic mass is 9.75. The van der Waals surface area contributed by atoms with Crippen molar-refractivity contribution in [1.29, 1.82) is 0 Å². The average Bonchev–Trinajstić information content (AvgIpc) is 2.67. The van der Waals surface area contributed by atoms with Gasteiger partial charge in [-0.25, -0.2) is 13.4 Å². The van der Waals surface area contributed by atoms with E-state index in [0.29, 0.717) is 18.0 Å². The second-order valence-electron chi connectivity index (χ2n) is 8.52. The van der Waals surface area contributed by atoms with Gasteiger partial charge in [0.15, 0.2) is 0 Å². The number of sulfonamides is 1. The maximum absolute atomic E-state index is 12.7. The molecule has 1 aromatic heterocycles. The summed E-state index contributed by atoms with van der Waals surface area (Å²) in [5.74, 6) is 1.47. The van der Waals surface area contributed by atoms with Crippen LogP contribution < -0.4 is 5.32 Å². The monoisotopic (exact) mass is 394 g/mol. The van der Waals surface area contributed by atoms with Crippen molar-refractivity contribution in [2.24, 2.45) is 5.92 Å². The molecule has 0 bridgehead atoms. The van der Waals surface area contributed by atoms with Gasteiger partial charge in [-0.1, -0.05) is 26.2 Å². The second-order valence-corrected chi connectivity index (χ2v) is 10.5. The highest BCUT2D eigenvalue weighted by atomic mass is 32.2. The summed E-state index contributed by atoms with van der Waals surface area (Å²) in [4.78, 5) is 7.03. The molecule has 1 saturated carbocycles. The molecule has 7 heteroatoms. The first-order valence-electron chi connectivity index (χ1n) is 10.2. The van der Waals surface area contributed by atoms with Crippen molar-refractivity contribution < 1.29 is 8.42 Å². The third-order valence-electron chi connectivity index (χ3n) is 6.30. The van der Waals surface area contributed by atoms with Crippen LogP contribution in [0.4, 0.5) is 5.82 Å². The van der Waals surface area contributed by atoms with Crippen molar-refractivity contribution in [2.45, 2.75) is 62.3 Å². The van der Waals surface area contributed by atoms with Crippen LogP contribution in [0.2, 0.25) is 0 Å². The summed E-state index contributed by atoms with van der Waals surface area (Å²) >= 11 is 0. The molecule has 6 nitrogen and oxygen atoms in total. The van der Waals surface area contributed by atoms with Crippen LogP contribution in [0, 0.1) is 5.92 Å². The molecule has 2 aliphatic rings. The molecule has 0 amide bonds. The topological polar surface area (TPSA) is 65.5 Å². The molecule has 3 rings (SSSR count). The number of hydrogen-bond acceptors (Lipinski definition) is 5. The van der Waals surface area contributed by atoms with E-state index < -0.39 is 10.0 Å². The number of nitrogens with zero attached hydrogens (tertiary/aromatic N) is 3. The van der Waals surface area contributed by atoms with E-state index in [-0.39, 0.29) is 5.54 Å². The first-order valence-corrected chi connectivity index (χ1v) is 11.6. The summed E-state index contributed by atoms with van der Waals surface area (Å²) in [6, 6.07) is 3.48. The van der Waals surface area contributed by atoms with Gasteiger partial charge in [0.1, 0.15) is 10.7 Å². The largest absolute Gasteiger partial charge is 0.368 e. The van der Waals surface area contributed by atoms with Gasteiger partial charge in [0.05, 0.1) is 0 Å². The highest BCUT2D eigenvalue weighted by Gasteiger charge is 2.36. The fourth-order valence-corrected chi connectivity index (χ4v) is 5.97. The standard InChI is InChI=1S/C20H34N4O2S/c1-17-8-7-11-20(14-17,23(2)3)16-22-19-10-9-18(15-21-19)27(25,26)24-12-5-4-6-13-24/h9-10,15,17H,4-8,11-14,16H2,1-3H3,(H,21,22). The second kappa shape index (κ2) is 8.45. The van der Waals surface area contributed by atoms with Crippen LogP contribution in [0.5, 0.6) is 0 Å². The van der Waals surface area contributed by atoms with Crippen molar-refractivity contribution >= 4 is 15.8 Å². The molecular formula is C20H34N4O2S. The molecule has 2 heterocycles. The molecule has 2 fully saturated rings. The van der Waals surface area contributed by atoms with E-state index in [1.165, 1.54) is 31.9 Å². The van der Waals surface area contributed by atoms with Crippen LogP contribution in [0.3, 0.4) is 0 Å². The van der Waals surface area contributed by atoms with E-state index in [2.05, 4.69) is 36.2 Å². The lowest BCUT2D eigenvalue weighted by Gasteiger charge is -2.45. The number of hydrogen-bond donors (Lipinski definition) is 1. The molecule has 1 aromatic rings. The highest BCUT2D eigenvalue weighted by molar-refractivity contribution is 7.89. The molecule has 27 heavy (non-hydrogen) atoms. The fraction of sp³-hybridized carbons (Fsp3) is 0.750. The summed E-state index contributed by atoms with van der Waals surface area (Å²) in [6.07, 6.45) is 9.40. The van der Waals surface area contributed by atoms with Crippen LogP contribution in [-0.4, -0.2) is 61.9 Å². The summed E-state index contributed by atoms with van der Waals surface area (Å²) < 4.78 is 27.1. The van der Waals surface area contributed by atoms with Gasteiger partial charge in [0.25, 0.3) is 0 Å². The van der Waals surface area contributed by atoms with Crippen LogP contribution in [0.25, 0.3) is 0 Å². The molecule has 1 aliphatic heterocycles. The normalized spacial score (nSPS) is 27.6. The molecule has 1 N–H and O–H groups in total. The van der Waals surface area contributed by atoms with Crippen LogP contribution in [0.15, 0.2) is 23.2 Å². The average molecular weight is 395 g/mol. The maximum atomic E-state index is 12.7. The molecule has 0 spiro atoms. The third kappa shape index (κ3) is 4.63. The minimum Gasteiger partial charge on any atom is -0.368 e. The molecule has 0 aromatic carbocycles. The lowest BCUT2D eigenvalue weighted by Crippen LogP contribution is -2.52. The van der Waals surface area contributed by atoms with Gasteiger partial charge in [0, 0.05) is 31.4 Å². The van der Waals surface area contributed by atoms with E-state index in [1.54, 1.807) is 16.4 Å². The van der Waals surface area contributed by atoms with Gasteiger partial charge in [-0.15, -0.1) is 0 Å². The first kappa shape index (κ1) is 20.6. The number of nitrogens with one attached hydrogen (secondary N) is 1. The zero-order valence-electron chi connectivity index (χ0n) is 16.9. The Morgan fingerprint density at radius 2 is 1.96 bits per heavy atom. The Kier molecular flexibility index (Phi) is 6.43. The van der Waals surface area contributed by atoms with E-state index in [0.717, 1.165) is 37.5 Å². The summed E-state index contributed by atoms with van der Waals surface area (Å²) in [5.41, 5.74) is 0.137. The van der Waals surface area contributed by atoms with Crippen LogP contribution >= 0.6 is 0 Å². The molecule has 2 atom stereocenters. The molecule has 1 saturated heterocycles. The van der Waals surface area contributed by atoms with E-state index in [4.69, 9.17) is 0 Å². The van der Waals surface area contributed by atoms with Gasteiger partial charge >= 0.3 is 0 Å². The number of rotatable bonds is 6. The summed E-state index contributed by atoms with van der Waals surface area (Å²) in [5, 5.41) is 3.45. The van der Waals surface area contributed by atoms with Crippen LogP contribution in [-0.2, 0) is 10.0 Å². The molecule has 152 valence electrons. The zero-order valence-corrected chi connectivity index (χ0v) is 17.8. The number of likely N-dealkylation sites (N-methyl/N-ethyl adjacent to an activating group) is 1. The van der Waals surface area contributed by atoms with Gasteiger partial charge in [-0.3, -0.25) is 0 Å². The molecule has 2 unspecified atom stereocenters. The van der Waals surface area contributed by atoms with Gasteiger partial charge in [-0.05, 0) is 57.8 Å². The quantitative estimate of drug-likeness (QED) is 0.803. The smallest absolute Gasteiger partial charge is 0.244 e. The Morgan fingerprint density at radius 3 is 2.56 bits per heavy atom. The van der Waals surface area contributed by atoms with E-state index in [1.807, 2.05) is 0 Å². The van der Waals surface area contributed by atoms with Crippen molar-refractivity contribution in [3.63, 3.8) is 0 Å². The lowest BCUT2D eigenvalue weighted by molar-refractivity contribution is 0.0881. The summed E-state index contributed by atoms with van der Waals surface area (Å²) in [7, 11) is 0.896. The molecule has 0 radical (unpaired) electrons. The van der Waals surface area contributed by atoms with Crippen molar-refractivity contribution in [2.75, 3.05) is 39.0 Å². The van der Waals surface area contributed by atoms with Gasteiger partial charge in [0.2, 0.25) is 10.0 Å². The first-order chi connectivity index (χ1) is 12.8. The Balaban J connectivity index is 1.66. The molecule has 1 aliphatic carbocycles. The Hall–Kier alpha value is -1.18. The highest BCUT2D eigenvalue weighted by Crippen LogP contribution is 2.35. The Morgan fingerprint density at radius 1 is 1.22 bits per heavy atom. The summed E-state index contributed by atoms with van der Waals surface area (Å²) in [6.45, 7) is 4.39. The number of aromatic nitrogens is 1.